The van der Waals surface area contributed by atoms with Gasteiger partial charge in [-0.3, -0.25) is 0 Å². The van der Waals surface area contributed by atoms with Crippen LogP contribution in [0.5, 0.6) is 0 Å². The highest BCUT2D eigenvalue weighted by Gasteiger charge is 2.40. The van der Waals surface area contributed by atoms with E-state index in [-0.39, 0.29) is 0 Å². The van der Waals surface area contributed by atoms with Crippen LogP contribution in [-0.4, -0.2) is 13.1 Å². The maximum Gasteiger partial charge on any atom is -0.00179 e. The molecule has 1 N–H and O–H groups in total. The molecule has 0 heterocycles. The Labute approximate surface area is 101 Å². The summed E-state index contributed by atoms with van der Waals surface area (Å²) in [5.41, 5.74) is 0. The molecule has 3 unspecified atom stereocenters. The van der Waals surface area contributed by atoms with Gasteiger partial charge in [-0.05, 0) is 74.8 Å². The van der Waals surface area contributed by atoms with Crippen molar-refractivity contribution in [2.45, 2.75) is 52.9 Å². The second kappa shape index (κ2) is 5.53. The molecule has 0 spiro atoms. The zero-order valence-corrected chi connectivity index (χ0v) is 11.3. The molecule has 3 atom stereocenters. The van der Waals surface area contributed by atoms with Crippen molar-refractivity contribution in [2.75, 3.05) is 13.1 Å². The van der Waals surface area contributed by atoms with Crippen LogP contribution in [0.15, 0.2) is 0 Å². The molecule has 2 saturated carbocycles. The summed E-state index contributed by atoms with van der Waals surface area (Å²) in [6, 6.07) is 0. The lowest BCUT2D eigenvalue weighted by molar-refractivity contribution is 0.129. The van der Waals surface area contributed by atoms with Gasteiger partial charge in [-0.15, -0.1) is 0 Å². The molecular formula is C15H29N. The Morgan fingerprint density at radius 2 is 1.88 bits per heavy atom. The van der Waals surface area contributed by atoms with Gasteiger partial charge in [-0.25, -0.2) is 0 Å². The van der Waals surface area contributed by atoms with E-state index in [0.717, 1.165) is 36.1 Å². The third-order valence-electron chi connectivity index (χ3n) is 4.92. The SMILES string of the molecule is CCNCC1CCC(C(C)C)CC1C1CC1. The molecule has 2 rings (SSSR count). The molecule has 0 aromatic rings. The van der Waals surface area contributed by atoms with Crippen LogP contribution in [0.3, 0.4) is 0 Å². The monoisotopic (exact) mass is 223 g/mol. The smallest absolute Gasteiger partial charge is 0.00179 e. The molecule has 0 bridgehead atoms. The van der Waals surface area contributed by atoms with Gasteiger partial charge in [0.25, 0.3) is 0 Å². The molecule has 0 aliphatic heterocycles. The zero-order chi connectivity index (χ0) is 11.5. The van der Waals surface area contributed by atoms with E-state index in [1.54, 1.807) is 0 Å². The minimum atomic E-state index is 0.904. The maximum absolute atomic E-state index is 3.57. The fourth-order valence-corrected chi connectivity index (χ4v) is 3.59. The van der Waals surface area contributed by atoms with Crippen LogP contribution >= 0.6 is 0 Å². The van der Waals surface area contributed by atoms with Gasteiger partial charge in [0, 0.05) is 0 Å². The van der Waals surface area contributed by atoms with Gasteiger partial charge in [-0.2, -0.15) is 0 Å². The molecule has 94 valence electrons. The standard InChI is InChI=1S/C15H29N/c1-4-16-10-14-8-7-13(11(2)3)9-15(14)12-5-6-12/h11-16H,4-10H2,1-3H3. The van der Waals surface area contributed by atoms with E-state index in [2.05, 4.69) is 26.1 Å². The largest absolute Gasteiger partial charge is 0.317 e. The summed E-state index contributed by atoms with van der Waals surface area (Å²) in [5.74, 6) is 5.07. The number of hydrogen-bond acceptors (Lipinski definition) is 1. The molecule has 0 amide bonds. The highest BCUT2D eigenvalue weighted by atomic mass is 14.8. The lowest BCUT2D eigenvalue weighted by Gasteiger charge is -2.38. The van der Waals surface area contributed by atoms with Crippen molar-refractivity contribution in [3.8, 4) is 0 Å². The molecule has 16 heavy (non-hydrogen) atoms. The quantitative estimate of drug-likeness (QED) is 0.749. The number of nitrogens with one attached hydrogen (secondary N) is 1. The van der Waals surface area contributed by atoms with Crippen molar-refractivity contribution < 1.29 is 0 Å². The van der Waals surface area contributed by atoms with Gasteiger partial charge in [0.05, 0.1) is 0 Å². The summed E-state index contributed by atoms with van der Waals surface area (Å²) in [4.78, 5) is 0. The van der Waals surface area contributed by atoms with E-state index in [1.807, 2.05) is 0 Å². The number of rotatable bonds is 5. The first-order valence-corrected chi connectivity index (χ1v) is 7.43. The fraction of sp³-hybridized carbons (Fsp3) is 1.00. The van der Waals surface area contributed by atoms with Gasteiger partial charge < -0.3 is 5.32 Å². The Hall–Kier alpha value is -0.0400. The average Bonchev–Trinajstić information content (AvgIpc) is 3.09. The summed E-state index contributed by atoms with van der Waals surface area (Å²) in [7, 11) is 0. The summed E-state index contributed by atoms with van der Waals surface area (Å²) in [6.45, 7) is 9.48. The summed E-state index contributed by atoms with van der Waals surface area (Å²) in [5, 5.41) is 3.57. The van der Waals surface area contributed by atoms with Gasteiger partial charge in [0.1, 0.15) is 0 Å². The third kappa shape index (κ3) is 3.00. The summed E-state index contributed by atoms with van der Waals surface area (Å²) < 4.78 is 0. The fourth-order valence-electron chi connectivity index (χ4n) is 3.59. The first kappa shape index (κ1) is 12.4. The van der Waals surface area contributed by atoms with Crippen molar-refractivity contribution in [3.05, 3.63) is 0 Å². The van der Waals surface area contributed by atoms with Gasteiger partial charge in [-0.1, -0.05) is 20.8 Å². The average molecular weight is 223 g/mol. The molecule has 1 nitrogen and oxygen atoms in total. The normalized spacial score (nSPS) is 35.6. The van der Waals surface area contributed by atoms with Gasteiger partial charge in [0.2, 0.25) is 0 Å². The van der Waals surface area contributed by atoms with Crippen LogP contribution in [0, 0.1) is 29.6 Å². The highest BCUT2D eigenvalue weighted by molar-refractivity contribution is 4.91. The van der Waals surface area contributed by atoms with E-state index in [9.17, 15) is 0 Å². The minimum absolute atomic E-state index is 0.904. The van der Waals surface area contributed by atoms with Crippen LogP contribution in [0.2, 0.25) is 0 Å². The Morgan fingerprint density at radius 1 is 1.12 bits per heavy atom. The van der Waals surface area contributed by atoms with Crippen LogP contribution in [0.1, 0.15) is 52.9 Å². The van der Waals surface area contributed by atoms with Gasteiger partial charge in [0.15, 0.2) is 0 Å². The molecule has 2 aliphatic carbocycles. The maximum atomic E-state index is 3.57. The summed E-state index contributed by atoms with van der Waals surface area (Å²) >= 11 is 0. The molecule has 2 fully saturated rings. The molecule has 0 aromatic heterocycles. The second-order valence-corrected chi connectivity index (χ2v) is 6.39. The molecular weight excluding hydrogens is 194 g/mol. The van der Waals surface area contributed by atoms with E-state index in [0.29, 0.717) is 0 Å². The topological polar surface area (TPSA) is 12.0 Å². The third-order valence-corrected chi connectivity index (χ3v) is 4.92. The van der Waals surface area contributed by atoms with Crippen molar-refractivity contribution in [2.24, 2.45) is 29.6 Å². The van der Waals surface area contributed by atoms with Crippen molar-refractivity contribution in [3.63, 3.8) is 0 Å². The van der Waals surface area contributed by atoms with E-state index in [1.165, 1.54) is 38.6 Å². The molecule has 1 heteroatoms. The Balaban J connectivity index is 1.88. The van der Waals surface area contributed by atoms with Crippen LogP contribution in [-0.2, 0) is 0 Å². The molecule has 2 aliphatic rings. The highest BCUT2D eigenvalue weighted by Crippen LogP contribution is 2.49. The first-order chi connectivity index (χ1) is 7.72. The van der Waals surface area contributed by atoms with Gasteiger partial charge >= 0.3 is 0 Å². The van der Waals surface area contributed by atoms with Crippen molar-refractivity contribution in [1.82, 2.24) is 5.32 Å². The van der Waals surface area contributed by atoms with Crippen molar-refractivity contribution >= 4 is 0 Å². The first-order valence-electron chi connectivity index (χ1n) is 7.43. The van der Waals surface area contributed by atoms with Crippen LogP contribution < -0.4 is 5.32 Å². The van der Waals surface area contributed by atoms with Crippen LogP contribution in [0.25, 0.3) is 0 Å². The van der Waals surface area contributed by atoms with E-state index in [4.69, 9.17) is 0 Å². The number of hydrogen-bond donors (Lipinski definition) is 1. The minimum Gasteiger partial charge on any atom is -0.317 e. The second-order valence-electron chi connectivity index (χ2n) is 6.39. The molecule has 0 radical (unpaired) electrons. The molecule has 0 aromatic carbocycles. The zero-order valence-electron chi connectivity index (χ0n) is 11.3. The van der Waals surface area contributed by atoms with E-state index < -0.39 is 0 Å². The summed E-state index contributed by atoms with van der Waals surface area (Å²) in [6.07, 6.45) is 7.54. The molecule has 0 saturated heterocycles. The Morgan fingerprint density at radius 3 is 2.44 bits per heavy atom. The van der Waals surface area contributed by atoms with Crippen molar-refractivity contribution in [1.29, 1.82) is 0 Å². The van der Waals surface area contributed by atoms with Crippen LogP contribution in [0.4, 0.5) is 0 Å². The Bertz CT molecular complexity index is 207. The lowest BCUT2D eigenvalue weighted by Crippen LogP contribution is -2.35. The predicted molar refractivity (Wildman–Crippen MR) is 70.4 cm³/mol. The Kier molecular flexibility index (Phi) is 4.29. The van der Waals surface area contributed by atoms with E-state index >= 15 is 0 Å². The predicted octanol–water partition coefficient (Wildman–Crippen LogP) is 3.69. The lowest BCUT2D eigenvalue weighted by atomic mass is 9.69.